The summed E-state index contributed by atoms with van der Waals surface area (Å²) < 4.78 is 1.89. The van der Waals surface area contributed by atoms with Crippen LogP contribution in [0.2, 0.25) is 0 Å². The Kier molecular flexibility index (Phi) is 4.20. The largest absolute Gasteiger partial charge is 0.310 e. The molecule has 2 heterocycles. The van der Waals surface area contributed by atoms with Crippen LogP contribution in [0.3, 0.4) is 0 Å². The van der Waals surface area contributed by atoms with Gasteiger partial charge in [-0.25, -0.2) is 4.52 Å². The molecule has 0 amide bonds. The van der Waals surface area contributed by atoms with Gasteiger partial charge < -0.3 is 5.32 Å². The van der Waals surface area contributed by atoms with Crippen molar-refractivity contribution in [2.75, 3.05) is 6.54 Å². The summed E-state index contributed by atoms with van der Waals surface area (Å²) in [7, 11) is 0. The molecule has 0 aliphatic rings. The van der Waals surface area contributed by atoms with Crippen LogP contribution in [0.1, 0.15) is 52.1 Å². The lowest BCUT2D eigenvalue weighted by molar-refractivity contribution is 0.334. The molecule has 19 heavy (non-hydrogen) atoms. The van der Waals surface area contributed by atoms with Crippen molar-refractivity contribution in [2.24, 2.45) is 5.41 Å². The Morgan fingerprint density at radius 2 is 2.11 bits per heavy atom. The highest BCUT2D eigenvalue weighted by Gasteiger charge is 2.19. The van der Waals surface area contributed by atoms with E-state index < -0.39 is 0 Å². The fourth-order valence-corrected chi connectivity index (χ4v) is 2.31. The average Bonchev–Trinajstić information content (AvgIpc) is 2.77. The maximum atomic E-state index is 4.40. The van der Waals surface area contributed by atoms with Gasteiger partial charge in [0.25, 0.3) is 0 Å². The van der Waals surface area contributed by atoms with Gasteiger partial charge in [-0.2, -0.15) is 5.10 Å². The van der Waals surface area contributed by atoms with E-state index in [4.69, 9.17) is 0 Å². The zero-order chi connectivity index (χ0) is 13.9. The first-order valence-corrected chi connectivity index (χ1v) is 7.02. The Morgan fingerprint density at radius 3 is 2.79 bits per heavy atom. The third-order valence-corrected chi connectivity index (χ3v) is 3.36. The Labute approximate surface area is 115 Å². The third-order valence-electron chi connectivity index (χ3n) is 3.36. The summed E-state index contributed by atoms with van der Waals surface area (Å²) in [5, 5.41) is 7.97. The van der Waals surface area contributed by atoms with Crippen molar-refractivity contribution < 1.29 is 0 Å². The molecule has 4 nitrogen and oxygen atoms in total. The van der Waals surface area contributed by atoms with Gasteiger partial charge in [0.1, 0.15) is 0 Å². The van der Waals surface area contributed by atoms with E-state index in [9.17, 15) is 0 Å². The number of fused-ring (bicyclic) bond motifs is 1. The lowest BCUT2D eigenvalue weighted by atomic mass is 9.87. The van der Waals surface area contributed by atoms with Crippen molar-refractivity contribution in [3.63, 3.8) is 0 Å². The van der Waals surface area contributed by atoms with Crippen molar-refractivity contribution in [1.82, 2.24) is 19.9 Å². The van der Waals surface area contributed by atoms with Crippen molar-refractivity contribution in [1.29, 1.82) is 0 Å². The van der Waals surface area contributed by atoms with E-state index in [1.54, 1.807) is 6.20 Å². The van der Waals surface area contributed by atoms with Gasteiger partial charge in [-0.05, 0) is 24.8 Å². The van der Waals surface area contributed by atoms with Crippen LogP contribution < -0.4 is 5.32 Å². The molecule has 0 aliphatic heterocycles. The van der Waals surface area contributed by atoms with Crippen molar-refractivity contribution >= 4 is 5.52 Å². The summed E-state index contributed by atoms with van der Waals surface area (Å²) in [5.74, 6) is 0. The van der Waals surface area contributed by atoms with Gasteiger partial charge >= 0.3 is 0 Å². The Bertz CT molecular complexity index is 524. The lowest BCUT2D eigenvalue weighted by Gasteiger charge is -2.23. The molecule has 1 unspecified atom stereocenters. The van der Waals surface area contributed by atoms with Crippen molar-refractivity contribution in [3.05, 3.63) is 30.4 Å². The molecular formula is C15H24N4. The molecule has 1 atom stereocenters. The highest BCUT2D eigenvalue weighted by molar-refractivity contribution is 5.53. The highest BCUT2D eigenvalue weighted by Crippen LogP contribution is 2.29. The molecular weight excluding hydrogens is 236 g/mol. The molecule has 0 radical (unpaired) electrons. The first kappa shape index (κ1) is 14.0. The van der Waals surface area contributed by atoms with E-state index in [0.29, 0.717) is 11.5 Å². The van der Waals surface area contributed by atoms with E-state index in [0.717, 1.165) is 18.5 Å². The number of hydrogen-bond donors (Lipinski definition) is 1. The zero-order valence-corrected chi connectivity index (χ0v) is 12.3. The van der Waals surface area contributed by atoms with Crippen molar-refractivity contribution in [2.45, 2.75) is 46.6 Å². The molecule has 2 aromatic heterocycles. The smallest absolute Gasteiger partial charge is 0.0892 e. The lowest BCUT2D eigenvalue weighted by Crippen LogP contribution is -2.22. The van der Waals surface area contributed by atoms with E-state index in [1.165, 1.54) is 12.0 Å². The Hall–Kier alpha value is -1.42. The number of aromatic nitrogens is 3. The van der Waals surface area contributed by atoms with Gasteiger partial charge in [-0.1, -0.05) is 27.7 Å². The minimum atomic E-state index is 0.353. The van der Waals surface area contributed by atoms with E-state index in [1.807, 2.05) is 23.1 Å². The average molecular weight is 260 g/mol. The highest BCUT2D eigenvalue weighted by atomic mass is 15.2. The SMILES string of the molecule is CCNC(CCC(C)(C)C)c1cnn2ccncc12. The van der Waals surface area contributed by atoms with E-state index in [-0.39, 0.29) is 0 Å². The molecule has 0 bridgehead atoms. The molecule has 104 valence electrons. The quantitative estimate of drug-likeness (QED) is 0.897. The van der Waals surface area contributed by atoms with Gasteiger partial charge in [-0.15, -0.1) is 0 Å². The molecule has 0 saturated heterocycles. The normalized spacial score (nSPS) is 13.9. The van der Waals surface area contributed by atoms with Crippen molar-refractivity contribution in [3.8, 4) is 0 Å². The molecule has 0 aromatic carbocycles. The van der Waals surface area contributed by atoms with Gasteiger partial charge in [0.2, 0.25) is 0 Å². The molecule has 1 N–H and O–H groups in total. The number of hydrogen-bond acceptors (Lipinski definition) is 3. The fourth-order valence-electron chi connectivity index (χ4n) is 2.31. The monoisotopic (exact) mass is 260 g/mol. The van der Waals surface area contributed by atoms with Crippen LogP contribution in [0, 0.1) is 5.41 Å². The number of rotatable bonds is 5. The van der Waals surface area contributed by atoms with Gasteiger partial charge in [0.05, 0.1) is 17.9 Å². The van der Waals surface area contributed by atoms with Gasteiger partial charge in [0, 0.05) is 24.0 Å². The molecule has 2 rings (SSSR count). The van der Waals surface area contributed by atoms with Crippen LogP contribution in [-0.2, 0) is 0 Å². The Morgan fingerprint density at radius 1 is 1.32 bits per heavy atom. The van der Waals surface area contributed by atoms with Crippen LogP contribution in [0.25, 0.3) is 5.52 Å². The first-order valence-electron chi connectivity index (χ1n) is 7.02. The van der Waals surface area contributed by atoms with Crippen LogP contribution in [0.15, 0.2) is 24.8 Å². The first-order chi connectivity index (χ1) is 9.01. The Balaban J connectivity index is 2.23. The second kappa shape index (κ2) is 5.70. The molecule has 0 aliphatic carbocycles. The summed E-state index contributed by atoms with van der Waals surface area (Å²) in [6, 6.07) is 0.353. The minimum Gasteiger partial charge on any atom is -0.310 e. The maximum Gasteiger partial charge on any atom is 0.0892 e. The molecule has 0 saturated carbocycles. The second-order valence-corrected chi connectivity index (χ2v) is 6.22. The minimum absolute atomic E-state index is 0.353. The molecule has 2 aromatic rings. The zero-order valence-electron chi connectivity index (χ0n) is 12.3. The van der Waals surface area contributed by atoms with Crippen LogP contribution in [0.5, 0.6) is 0 Å². The van der Waals surface area contributed by atoms with Gasteiger partial charge in [0.15, 0.2) is 0 Å². The number of nitrogens with zero attached hydrogens (tertiary/aromatic N) is 3. The molecule has 0 fully saturated rings. The van der Waals surface area contributed by atoms with Crippen LogP contribution >= 0.6 is 0 Å². The standard InChI is InChI=1S/C15H24N4/c1-5-17-13(6-7-15(2,3)4)12-10-18-19-9-8-16-11-14(12)19/h8-11,13,17H,5-7H2,1-4H3. The third kappa shape index (κ3) is 3.53. The molecule has 4 heteroatoms. The number of nitrogens with one attached hydrogen (secondary N) is 1. The van der Waals surface area contributed by atoms with E-state index in [2.05, 4.69) is 43.1 Å². The second-order valence-electron chi connectivity index (χ2n) is 6.22. The predicted octanol–water partition coefficient (Wildman–Crippen LogP) is 3.21. The maximum absolute atomic E-state index is 4.40. The van der Waals surface area contributed by atoms with Crippen LogP contribution in [0.4, 0.5) is 0 Å². The summed E-state index contributed by atoms with van der Waals surface area (Å²) in [5.41, 5.74) is 2.70. The van der Waals surface area contributed by atoms with Crippen LogP contribution in [-0.4, -0.2) is 21.1 Å². The van der Waals surface area contributed by atoms with E-state index >= 15 is 0 Å². The molecule has 0 spiro atoms. The van der Waals surface area contributed by atoms with Gasteiger partial charge in [-0.3, -0.25) is 4.98 Å². The summed E-state index contributed by atoms with van der Waals surface area (Å²) >= 11 is 0. The topological polar surface area (TPSA) is 42.2 Å². The summed E-state index contributed by atoms with van der Waals surface area (Å²) in [4.78, 5) is 4.21. The predicted molar refractivity (Wildman–Crippen MR) is 78.1 cm³/mol. The summed E-state index contributed by atoms with van der Waals surface area (Å²) in [6.07, 6.45) is 9.82. The fraction of sp³-hybridized carbons (Fsp3) is 0.600. The summed E-state index contributed by atoms with van der Waals surface area (Å²) in [6.45, 7) is 9.97.